The van der Waals surface area contributed by atoms with Crippen LogP contribution in [0.4, 0.5) is 4.39 Å². The number of hydrogen-bond donors (Lipinski definition) is 1. The first kappa shape index (κ1) is 10.4. The van der Waals surface area contributed by atoms with Crippen molar-refractivity contribution in [1.82, 2.24) is 0 Å². The molecule has 0 atom stereocenters. The summed E-state index contributed by atoms with van der Waals surface area (Å²) in [5.74, 6) is 0.795. The normalized spacial score (nSPS) is 10.1. The highest BCUT2D eigenvalue weighted by molar-refractivity contribution is 7.80. The maximum atomic E-state index is 13.1. The number of thiol groups is 1. The van der Waals surface area contributed by atoms with Gasteiger partial charge in [0.25, 0.3) is 0 Å². The van der Waals surface area contributed by atoms with Gasteiger partial charge in [-0.05, 0) is 36.8 Å². The van der Waals surface area contributed by atoms with Crippen molar-refractivity contribution < 1.29 is 9.13 Å². The van der Waals surface area contributed by atoms with Gasteiger partial charge in [0, 0.05) is 0 Å². The Kier molecular flexibility index (Phi) is 4.09. The summed E-state index contributed by atoms with van der Waals surface area (Å²) in [4.78, 5) is 0. The second kappa shape index (κ2) is 5.12. The predicted octanol–water partition coefficient (Wildman–Crippen LogP) is 2.70. The standard InChI is InChI=1S/C10H13FOS/c1-2-12-10-7-8(5-6-13)3-4-9(10)11/h3-4,7,13H,2,5-6H2,1H3. The van der Waals surface area contributed by atoms with Gasteiger partial charge < -0.3 is 4.74 Å². The third kappa shape index (κ3) is 2.92. The zero-order chi connectivity index (χ0) is 9.68. The first-order valence-electron chi connectivity index (χ1n) is 4.30. The Bertz CT molecular complexity index is 276. The minimum absolute atomic E-state index is 0.301. The first-order valence-corrected chi connectivity index (χ1v) is 4.93. The van der Waals surface area contributed by atoms with E-state index in [1.54, 1.807) is 12.1 Å². The molecule has 1 aromatic rings. The van der Waals surface area contributed by atoms with Crippen molar-refractivity contribution in [3.63, 3.8) is 0 Å². The first-order chi connectivity index (χ1) is 6.27. The van der Waals surface area contributed by atoms with Gasteiger partial charge >= 0.3 is 0 Å². The van der Waals surface area contributed by atoms with E-state index in [-0.39, 0.29) is 5.82 Å². The van der Waals surface area contributed by atoms with Gasteiger partial charge in [0.2, 0.25) is 0 Å². The Morgan fingerprint density at radius 2 is 2.23 bits per heavy atom. The zero-order valence-corrected chi connectivity index (χ0v) is 8.48. The van der Waals surface area contributed by atoms with Crippen molar-refractivity contribution in [2.45, 2.75) is 13.3 Å². The van der Waals surface area contributed by atoms with Gasteiger partial charge in [-0.2, -0.15) is 12.6 Å². The molecule has 0 aliphatic rings. The van der Waals surface area contributed by atoms with Crippen molar-refractivity contribution >= 4 is 12.6 Å². The Hall–Kier alpha value is -0.700. The molecule has 1 rings (SSSR count). The van der Waals surface area contributed by atoms with Crippen LogP contribution in [0.15, 0.2) is 18.2 Å². The van der Waals surface area contributed by atoms with E-state index in [9.17, 15) is 4.39 Å². The summed E-state index contributed by atoms with van der Waals surface area (Å²) in [5, 5.41) is 0. The average Bonchev–Trinajstić information content (AvgIpc) is 2.12. The molecule has 3 heteroatoms. The number of hydrogen-bond acceptors (Lipinski definition) is 2. The topological polar surface area (TPSA) is 9.23 Å². The van der Waals surface area contributed by atoms with Crippen molar-refractivity contribution in [2.75, 3.05) is 12.4 Å². The maximum Gasteiger partial charge on any atom is 0.165 e. The van der Waals surface area contributed by atoms with Crippen LogP contribution < -0.4 is 4.74 Å². The van der Waals surface area contributed by atoms with Crippen molar-refractivity contribution in [3.05, 3.63) is 29.6 Å². The van der Waals surface area contributed by atoms with Gasteiger partial charge in [-0.1, -0.05) is 6.07 Å². The van der Waals surface area contributed by atoms with Gasteiger partial charge in [-0.3, -0.25) is 0 Å². The average molecular weight is 200 g/mol. The van der Waals surface area contributed by atoms with Crippen LogP contribution in [0.5, 0.6) is 5.75 Å². The monoisotopic (exact) mass is 200 g/mol. The van der Waals surface area contributed by atoms with E-state index in [0.29, 0.717) is 12.4 Å². The van der Waals surface area contributed by atoms with Gasteiger partial charge in [-0.25, -0.2) is 4.39 Å². The van der Waals surface area contributed by atoms with Gasteiger partial charge in [-0.15, -0.1) is 0 Å². The number of aryl methyl sites for hydroxylation is 1. The Balaban J connectivity index is 2.83. The minimum Gasteiger partial charge on any atom is -0.491 e. The summed E-state index contributed by atoms with van der Waals surface area (Å²) in [7, 11) is 0. The molecule has 1 aromatic carbocycles. The highest BCUT2D eigenvalue weighted by atomic mass is 32.1. The van der Waals surface area contributed by atoms with E-state index in [1.807, 2.05) is 6.92 Å². The van der Waals surface area contributed by atoms with Crippen molar-refractivity contribution in [1.29, 1.82) is 0 Å². The van der Waals surface area contributed by atoms with Crippen LogP contribution in [0.1, 0.15) is 12.5 Å². The molecule has 0 radical (unpaired) electrons. The van der Waals surface area contributed by atoms with E-state index in [1.165, 1.54) is 6.07 Å². The SMILES string of the molecule is CCOc1cc(CCS)ccc1F. The highest BCUT2D eigenvalue weighted by Gasteiger charge is 2.03. The molecule has 0 heterocycles. The van der Waals surface area contributed by atoms with E-state index in [4.69, 9.17) is 4.74 Å². The fourth-order valence-corrected chi connectivity index (χ4v) is 1.36. The second-order valence-electron chi connectivity index (χ2n) is 2.67. The van der Waals surface area contributed by atoms with E-state index < -0.39 is 0 Å². The van der Waals surface area contributed by atoms with Crippen LogP contribution in [0, 0.1) is 5.82 Å². The van der Waals surface area contributed by atoms with E-state index in [2.05, 4.69) is 12.6 Å². The minimum atomic E-state index is -0.301. The lowest BCUT2D eigenvalue weighted by atomic mass is 10.1. The number of benzene rings is 1. The predicted molar refractivity (Wildman–Crippen MR) is 55.1 cm³/mol. The quantitative estimate of drug-likeness (QED) is 0.735. The summed E-state index contributed by atoms with van der Waals surface area (Å²) in [6.45, 7) is 2.33. The molecule has 0 aliphatic carbocycles. The fourth-order valence-electron chi connectivity index (χ4n) is 1.10. The molecule has 72 valence electrons. The van der Waals surface area contributed by atoms with Crippen LogP contribution in [0.2, 0.25) is 0 Å². The fraction of sp³-hybridized carbons (Fsp3) is 0.400. The molecule has 0 spiro atoms. The van der Waals surface area contributed by atoms with Gasteiger partial charge in [0.05, 0.1) is 6.61 Å². The summed E-state index contributed by atoms with van der Waals surface area (Å²) in [6, 6.07) is 4.92. The third-order valence-electron chi connectivity index (χ3n) is 1.70. The Morgan fingerprint density at radius 1 is 1.46 bits per heavy atom. The van der Waals surface area contributed by atoms with E-state index >= 15 is 0 Å². The largest absolute Gasteiger partial charge is 0.491 e. The molecular formula is C10H13FOS. The summed E-state index contributed by atoms with van der Waals surface area (Å²) in [6.07, 6.45) is 0.837. The molecule has 1 nitrogen and oxygen atoms in total. The summed E-state index contributed by atoms with van der Waals surface area (Å²) >= 11 is 4.11. The number of rotatable bonds is 4. The van der Waals surface area contributed by atoms with Gasteiger partial charge in [0.15, 0.2) is 11.6 Å². The van der Waals surface area contributed by atoms with Crippen LogP contribution >= 0.6 is 12.6 Å². The lowest BCUT2D eigenvalue weighted by Crippen LogP contribution is -1.96. The molecule has 0 unspecified atom stereocenters. The number of ether oxygens (including phenoxy) is 1. The lowest BCUT2D eigenvalue weighted by Gasteiger charge is -2.06. The molecular weight excluding hydrogens is 187 g/mol. The van der Waals surface area contributed by atoms with Crippen LogP contribution in [-0.4, -0.2) is 12.4 Å². The maximum absolute atomic E-state index is 13.1. The van der Waals surface area contributed by atoms with Crippen LogP contribution in [0.25, 0.3) is 0 Å². The highest BCUT2D eigenvalue weighted by Crippen LogP contribution is 2.19. The summed E-state index contributed by atoms with van der Waals surface area (Å²) < 4.78 is 18.2. The molecule has 0 aromatic heterocycles. The van der Waals surface area contributed by atoms with Crippen molar-refractivity contribution in [3.8, 4) is 5.75 Å². The molecule has 0 aliphatic heterocycles. The van der Waals surface area contributed by atoms with Crippen LogP contribution in [-0.2, 0) is 6.42 Å². The molecule has 0 N–H and O–H groups in total. The molecule has 0 bridgehead atoms. The summed E-state index contributed by atoms with van der Waals surface area (Å²) in [5.41, 5.74) is 1.06. The lowest BCUT2D eigenvalue weighted by molar-refractivity contribution is 0.321. The Labute approximate surface area is 83.3 Å². The molecule has 0 saturated carbocycles. The second-order valence-corrected chi connectivity index (χ2v) is 3.12. The third-order valence-corrected chi connectivity index (χ3v) is 1.92. The number of halogens is 1. The smallest absolute Gasteiger partial charge is 0.165 e. The molecule has 0 saturated heterocycles. The molecule has 13 heavy (non-hydrogen) atoms. The molecule has 0 amide bonds. The van der Waals surface area contributed by atoms with Gasteiger partial charge in [0.1, 0.15) is 0 Å². The zero-order valence-electron chi connectivity index (χ0n) is 7.59. The Morgan fingerprint density at radius 3 is 2.85 bits per heavy atom. The molecule has 0 fully saturated rings. The van der Waals surface area contributed by atoms with Crippen molar-refractivity contribution in [2.24, 2.45) is 0 Å². The van der Waals surface area contributed by atoms with Crippen LogP contribution in [0.3, 0.4) is 0 Å². The van der Waals surface area contributed by atoms with E-state index in [0.717, 1.165) is 17.7 Å².